The second-order valence-electron chi connectivity index (χ2n) is 1.79. The molecule has 11 heavy (non-hydrogen) atoms. The standard InChI is InChI=1S/C7H8S.C2H6.V/c1-6-4-2-3-5-7(6)8;1-2;/h2-5,8H,1H3;1-2H3;. The molecule has 0 spiro atoms. The van der Waals surface area contributed by atoms with E-state index in [-0.39, 0.29) is 18.6 Å². The van der Waals surface area contributed by atoms with Gasteiger partial charge in [-0.2, -0.15) is 0 Å². The average Bonchev–Trinajstić information content (AvgIpc) is 2.00. The van der Waals surface area contributed by atoms with Crippen molar-refractivity contribution in [2.75, 3.05) is 0 Å². The van der Waals surface area contributed by atoms with Crippen LogP contribution in [0.2, 0.25) is 0 Å². The predicted octanol–water partition coefficient (Wildman–Crippen LogP) is 3.31. The molecule has 0 atom stereocenters. The van der Waals surface area contributed by atoms with Crippen LogP contribution >= 0.6 is 12.6 Å². The van der Waals surface area contributed by atoms with Gasteiger partial charge >= 0.3 is 0 Å². The molecular formula is C9H14SV. The van der Waals surface area contributed by atoms with Crippen molar-refractivity contribution in [1.29, 1.82) is 0 Å². The molecule has 0 amide bonds. The molecule has 0 aliphatic rings. The van der Waals surface area contributed by atoms with Crippen molar-refractivity contribution in [2.24, 2.45) is 0 Å². The number of thiol groups is 1. The molecule has 0 nitrogen and oxygen atoms in total. The van der Waals surface area contributed by atoms with Crippen LogP contribution in [0.5, 0.6) is 0 Å². The molecule has 0 aromatic heterocycles. The zero-order valence-electron chi connectivity index (χ0n) is 7.20. The summed E-state index contributed by atoms with van der Waals surface area (Å²) in [7, 11) is 0. The quantitative estimate of drug-likeness (QED) is 0.617. The van der Waals surface area contributed by atoms with Crippen LogP contribution in [-0.2, 0) is 18.6 Å². The molecule has 1 aromatic carbocycles. The van der Waals surface area contributed by atoms with E-state index in [0.29, 0.717) is 0 Å². The molecule has 1 aromatic rings. The maximum absolute atomic E-state index is 4.20. The molecule has 0 saturated carbocycles. The summed E-state index contributed by atoms with van der Waals surface area (Å²) in [6, 6.07) is 8.02. The normalized spacial score (nSPS) is 7.27. The van der Waals surface area contributed by atoms with Gasteiger partial charge in [0.25, 0.3) is 0 Å². The van der Waals surface area contributed by atoms with Gasteiger partial charge in [0.2, 0.25) is 0 Å². The summed E-state index contributed by atoms with van der Waals surface area (Å²) < 4.78 is 0. The van der Waals surface area contributed by atoms with Gasteiger partial charge in [-0.25, -0.2) is 0 Å². The number of hydrogen-bond acceptors (Lipinski definition) is 1. The Labute approximate surface area is 86.7 Å². The minimum Gasteiger partial charge on any atom is -0.143 e. The summed E-state index contributed by atoms with van der Waals surface area (Å²) >= 11 is 4.20. The number of aryl methyl sites for hydroxylation is 1. The third-order valence-electron chi connectivity index (χ3n) is 1.12. The Kier molecular flexibility index (Phi) is 10.3. The zero-order chi connectivity index (χ0) is 7.98. The molecule has 0 unspecified atom stereocenters. The molecule has 0 aliphatic heterocycles. The molecule has 2 heteroatoms. The van der Waals surface area contributed by atoms with Gasteiger partial charge < -0.3 is 0 Å². The minimum atomic E-state index is 0. The zero-order valence-corrected chi connectivity index (χ0v) is 9.49. The van der Waals surface area contributed by atoms with Crippen molar-refractivity contribution >= 4 is 12.6 Å². The summed E-state index contributed by atoms with van der Waals surface area (Å²) in [6.07, 6.45) is 0. The monoisotopic (exact) mass is 205 g/mol. The SMILES string of the molecule is CC.Cc1ccccc1S.[V]. The van der Waals surface area contributed by atoms with Gasteiger partial charge in [0, 0.05) is 23.5 Å². The van der Waals surface area contributed by atoms with Crippen molar-refractivity contribution < 1.29 is 18.6 Å². The van der Waals surface area contributed by atoms with Crippen molar-refractivity contribution in [3.63, 3.8) is 0 Å². The second kappa shape index (κ2) is 8.25. The van der Waals surface area contributed by atoms with E-state index >= 15 is 0 Å². The van der Waals surface area contributed by atoms with Gasteiger partial charge in [-0.1, -0.05) is 32.0 Å². The molecule has 0 N–H and O–H groups in total. The van der Waals surface area contributed by atoms with Crippen LogP contribution in [0.4, 0.5) is 0 Å². The molecule has 61 valence electrons. The Hall–Kier alpha value is 0.154. The van der Waals surface area contributed by atoms with E-state index in [1.54, 1.807) is 0 Å². The molecule has 0 heterocycles. The fourth-order valence-electron chi connectivity index (χ4n) is 0.563. The van der Waals surface area contributed by atoms with E-state index in [9.17, 15) is 0 Å². The van der Waals surface area contributed by atoms with Crippen LogP contribution in [0.1, 0.15) is 19.4 Å². The van der Waals surface area contributed by atoms with Gasteiger partial charge in [-0.05, 0) is 18.6 Å². The predicted molar refractivity (Wildman–Crippen MR) is 49.8 cm³/mol. The summed E-state index contributed by atoms with van der Waals surface area (Å²) in [5, 5.41) is 0. The summed E-state index contributed by atoms with van der Waals surface area (Å²) in [4.78, 5) is 1.06. The van der Waals surface area contributed by atoms with Gasteiger partial charge in [0.1, 0.15) is 0 Å². The fourth-order valence-corrected chi connectivity index (χ4v) is 0.724. The Bertz CT molecular complexity index is 166. The molecule has 1 rings (SSSR count). The molecule has 1 radical (unpaired) electrons. The van der Waals surface area contributed by atoms with E-state index in [2.05, 4.69) is 12.6 Å². The van der Waals surface area contributed by atoms with Gasteiger partial charge in [0.05, 0.1) is 0 Å². The Morgan fingerprint density at radius 1 is 1.09 bits per heavy atom. The summed E-state index contributed by atoms with van der Waals surface area (Å²) in [5.41, 5.74) is 1.23. The molecular weight excluding hydrogens is 191 g/mol. The first-order valence-electron chi connectivity index (χ1n) is 3.55. The first-order valence-corrected chi connectivity index (χ1v) is 4.00. The largest absolute Gasteiger partial charge is 0.143 e. The smallest absolute Gasteiger partial charge is 0.00692 e. The van der Waals surface area contributed by atoms with E-state index < -0.39 is 0 Å². The molecule has 0 fully saturated rings. The van der Waals surface area contributed by atoms with E-state index in [1.165, 1.54) is 5.56 Å². The van der Waals surface area contributed by atoms with Crippen LogP contribution in [0.15, 0.2) is 29.2 Å². The molecule has 0 saturated heterocycles. The molecule has 0 aliphatic carbocycles. The first kappa shape index (κ1) is 13.7. The van der Waals surface area contributed by atoms with Gasteiger partial charge in [-0.15, -0.1) is 12.6 Å². The third-order valence-corrected chi connectivity index (χ3v) is 1.62. The second-order valence-corrected chi connectivity index (χ2v) is 2.27. The van der Waals surface area contributed by atoms with Crippen molar-refractivity contribution in [3.05, 3.63) is 29.8 Å². The maximum Gasteiger partial charge on any atom is 0.00692 e. The van der Waals surface area contributed by atoms with E-state index in [4.69, 9.17) is 0 Å². The van der Waals surface area contributed by atoms with Crippen LogP contribution in [0, 0.1) is 6.92 Å². The van der Waals surface area contributed by atoms with Crippen LogP contribution in [-0.4, -0.2) is 0 Å². The summed E-state index contributed by atoms with van der Waals surface area (Å²) in [5.74, 6) is 0. The topological polar surface area (TPSA) is 0 Å². The number of hydrogen-bond donors (Lipinski definition) is 1. The number of rotatable bonds is 0. The van der Waals surface area contributed by atoms with Gasteiger partial charge in [-0.3, -0.25) is 0 Å². The Morgan fingerprint density at radius 3 is 1.82 bits per heavy atom. The Balaban J connectivity index is 0. The minimum absolute atomic E-state index is 0. The maximum atomic E-state index is 4.20. The molecule has 0 bridgehead atoms. The van der Waals surface area contributed by atoms with Crippen molar-refractivity contribution in [1.82, 2.24) is 0 Å². The average molecular weight is 205 g/mol. The summed E-state index contributed by atoms with van der Waals surface area (Å²) in [6.45, 7) is 6.04. The van der Waals surface area contributed by atoms with Crippen molar-refractivity contribution in [3.8, 4) is 0 Å². The van der Waals surface area contributed by atoms with Crippen molar-refractivity contribution in [2.45, 2.75) is 25.7 Å². The first-order chi connectivity index (χ1) is 4.80. The van der Waals surface area contributed by atoms with E-state index in [1.807, 2.05) is 45.0 Å². The third kappa shape index (κ3) is 5.43. The van der Waals surface area contributed by atoms with Crippen LogP contribution in [0.25, 0.3) is 0 Å². The Morgan fingerprint density at radius 2 is 1.55 bits per heavy atom. The fraction of sp³-hybridized carbons (Fsp3) is 0.333. The van der Waals surface area contributed by atoms with Crippen LogP contribution < -0.4 is 0 Å². The van der Waals surface area contributed by atoms with Gasteiger partial charge in [0.15, 0.2) is 0 Å². The van der Waals surface area contributed by atoms with E-state index in [0.717, 1.165) is 4.90 Å². The van der Waals surface area contributed by atoms with Crippen LogP contribution in [0.3, 0.4) is 0 Å². The number of benzene rings is 1.